The van der Waals surface area contributed by atoms with E-state index < -0.39 is 0 Å². The summed E-state index contributed by atoms with van der Waals surface area (Å²) in [5.74, 6) is 0. The maximum atomic E-state index is 12.1. The van der Waals surface area contributed by atoms with Gasteiger partial charge in [-0.25, -0.2) is 4.52 Å². The molecule has 0 unspecified atom stereocenters. The van der Waals surface area contributed by atoms with Crippen LogP contribution < -0.4 is 5.56 Å². The minimum Gasteiger partial charge on any atom is -0.312 e. The molecule has 3 aromatic rings. The number of hydrogen-bond donors (Lipinski definition) is 0. The van der Waals surface area contributed by atoms with Crippen LogP contribution in [0.15, 0.2) is 54.0 Å². The molecule has 3 heterocycles. The van der Waals surface area contributed by atoms with Crippen LogP contribution in [-0.2, 0) is 13.0 Å². The minimum absolute atomic E-state index is 0.0101. The van der Waals surface area contributed by atoms with Crippen molar-refractivity contribution in [1.82, 2.24) is 19.2 Å². The van der Waals surface area contributed by atoms with Crippen LogP contribution in [0.25, 0.3) is 5.52 Å². The third-order valence-electron chi connectivity index (χ3n) is 2.93. The molecule has 3 aromatic heterocycles. The summed E-state index contributed by atoms with van der Waals surface area (Å²) >= 11 is 0. The van der Waals surface area contributed by atoms with Gasteiger partial charge in [0, 0.05) is 31.3 Å². The number of hydrogen-bond acceptors (Lipinski definition) is 3. The Labute approximate surface area is 103 Å². The Morgan fingerprint density at radius 2 is 1.89 bits per heavy atom. The Morgan fingerprint density at radius 1 is 1.06 bits per heavy atom. The molecule has 0 aliphatic heterocycles. The number of nitrogens with zero attached hydrogens (tertiary/aromatic N) is 4. The summed E-state index contributed by atoms with van der Waals surface area (Å²) in [6, 6.07) is 5.65. The van der Waals surface area contributed by atoms with Gasteiger partial charge in [-0.2, -0.15) is 5.10 Å². The monoisotopic (exact) mass is 240 g/mol. The van der Waals surface area contributed by atoms with Crippen LogP contribution in [-0.4, -0.2) is 19.2 Å². The SMILES string of the molecule is O=c1c2ccnn2ccn1CCc1ccncc1. The molecule has 0 fully saturated rings. The third kappa shape index (κ3) is 1.90. The summed E-state index contributed by atoms with van der Waals surface area (Å²) in [4.78, 5) is 16.1. The van der Waals surface area contributed by atoms with Crippen LogP contribution in [0.4, 0.5) is 0 Å². The van der Waals surface area contributed by atoms with Gasteiger partial charge in [-0.1, -0.05) is 0 Å². The minimum atomic E-state index is -0.0101. The number of rotatable bonds is 3. The summed E-state index contributed by atoms with van der Waals surface area (Å²) in [6.45, 7) is 0.657. The molecule has 3 rings (SSSR count). The summed E-state index contributed by atoms with van der Waals surface area (Å²) in [6.07, 6.45) is 9.53. The van der Waals surface area contributed by atoms with E-state index in [1.165, 1.54) is 5.56 Å². The molecule has 0 N–H and O–H groups in total. The first-order valence-electron chi connectivity index (χ1n) is 5.76. The molecule has 0 atom stereocenters. The highest BCUT2D eigenvalue weighted by Crippen LogP contribution is 2.00. The van der Waals surface area contributed by atoms with Gasteiger partial charge in [0.05, 0.1) is 6.20 Å². The molecule has 18 heavy (non-hydrogen) atoms. The van der Waals surface area contributed by atoms with Gasteiger partial charge in [0.1, 0.15) is 5.52 Å². The van der Waals surface area contributed by atoms with Gasteiger partial charge in [-0.15, -0.1) is 0 Å². The molecule has 0 saturated heterocycles. The van der Waals surface area contributed by atoms with Crippen LogP contribution in [0.2, 0.25) is 0 Å². The van der Waals surface area contributed by atoms with Crippen LogP contribution in [0.5, 0.6) is 0 Å². The largest absolute Gasteiger partial charge is 0.312 e. The van der Waals surface area contributed by atoms with E-state index in [1.807, 2.05) is 12.1 Å². The van der Waals surface area contributed by atoms with Crippen molar-refractivity contribution in [2.75, 3.05) is 0 Å². The van der Waals surface area contributed by atoms with E-state index in [0.717, 1.165) is 6.42 Å². The van der Waals surface area contributed by atoms with Gasteiger partial charge >= 0.3 is 0 Å². The predicted octanol–water partition coefficient (Wildman–Crippen LogP) is 1.13. The quantitative estimate of drug-likeness (QED) is 0.689. The molecule has 90 valence electrons. The van der Waals surface area contributed by atoms with Crippen LogP contribution >= 0.6 is 0 Å². The highest BCUT2D eigenvalue weighted by Gasteiger charge is 2.03. The van der Waals surface area contributed by atoms with Crippen molar-refractivity contribution < 1.29 is 0 Å². The molecule has 5 nitrogen and oxygen atoms in total. The fraction of sp³-hybridized carbons (Fsp3) is 0.154. The van der Waals surface area contributed by atoms with Gasteiger partial charge in [0.2, 0.25) is 0 Å². The predicted molar refractivity (Wildman–Crippen MR) is 67.4 cm³/mol. The molecular weight excluding hydrogens is 228 g/mol. The van der Waals surface area contributed by atoms with Gasteiger partial charge in [-0.05, 0) is 30.2 Å². The first kappa shape index (κ1) is 10.7. The number of pyridine rings is 1. The van der Waals surface area contributed by atoms with Crippen molar-refractivity contribution in [3.05, 3.63) is 65.1 Å². The molecule has 0 spiro atoms. The average Bonchev–Trinajstić information content (AvgIpc) is 2.88. The number of aromatic nitrogens is 4. The van der Waals surface area contributed by atoms with Gasteiger partial charge < -0.3 is 4.57 Å². The van der Waals surface area contributed by atoms with Gasteiger partial charge in [0.15, 0.2) is 0 Å². The van der Waals surface area contributed by atoms with Crippen molar-refractivity contribution in [1.29, 1.82) is 0 Å². The maximum Gasteiger partial charge on any atom is 0.276 e. The first-order chi connectivity index (χ1) is 8.84. The number of aryl methyl sites for hydroxylation is 2. The topological polar surface area (TPSA) is 52.2 Å². The van der Waals surface area contributed by atoms with E-state index in [4.69, 9.17) is 0 Å². The van der Waals surface area contributed by atoms with E-state index in [-0.39, 0.29) is 5.56 Å². The Kier molecular flexibility index (Phi) is 2.64. The fourth-order valence-corrected chi connectivity index (χ4v) is 1.94. The second-order valence-electron chi connectivity index (χ2n) is 4.06. The highest BCUT2D eigenvalue weighted by molar-refractivity contribution is 5.42. The van der Waals surface area contributed by atoms with Gasteiger partial charge in [0.25, 0.3) is 5.56 Å². The molecule has 0 bridgehead atoms. The fourth-order valence-electron chi connectivity index (χ4n) is 1.94. The van der Waals surface area contributed by atoms with Crippen molar-refractivity contribution in [3.8, 4) is 0 Å². The lowest BCUT2D eigenvalue weighted by Crippen LogP contribution is -2.22. The molecule has 0 aliphatic carbocycles. The standard InChI is InChI=1S/C13H12N4O/c18-13-12-3-7-15-17(12)10-9-16(13)8-4-11-1-5-14-6-2-11/h1-3,5-7,9-10H,4,8H2. The van der Waals surface area contributed by atoms with E-state index in [0.29, 0.717) is 12.1 Å². The van der Waals surface area contributed by atoms with Crippen molar-refractivity contribution in [2.45, 2.75) is 13.0 Å². The second kappa shape index (κ2) is 4.44. The smallest absolute Gasteiger partial charge is 0.276 e. The van der Waals surface area contributed by atoms with Crippen LogP contribution in [0.1, 0.15) is 5.56 Å². The van der Waals surface area contributed by atoms with Crippen molar-refractivity contribution in [3.63, 3.8) is 0 Å². The van der Waals surface area contributed by atoms with Crippen LogP contribution in [0, 0.1) is 0 Å². The Morgan fingerprint density at radius 3 is 2.72 bits per heavy atom. The molecule has 0 saturated carbocycles. The molecule has 0 aromatic carbocycles. The first-order valence-corrected chi connectivity index (χ1v) is 5.76. The lowest BCUT2D eigenvalue weighted by atomic mass is 10.2. The van der Waals surface area contributed by atoms with E-state index in [9.17, 15) is 4.79 Å². The van der Waals surface area contributed by atoms with Crippen molar-refractivity contribution >= 4 is 5.52 Å². The molecule has 0 radical (unpaired) electrons. The van der Waals surface area contributed by atoms with E-state index in [2.05, 4.69) is 10.1 Å². The Balaban J connectivity index is 1.87. The zero-order valence-corrected chi connectivity index (χ0v) is 9.73. The molecular formula is C13H12N4O. The van der Waals surface area contributed by atoms with Crippen molar-refractivity contribution in [2.24, 2.45) is 0 Å². The van der Waals surface area contributed by atoms with Crippen LogP contribution in [0.3, 0.4) is 0 Å². The Bertz CT molecular complexity index is 714. The van der Waals surface area contributed by atoms with E-state index >= 15 is 0 Å². The highest BCUT2D eigenvalue weighted by atomic mass is 16.1. The summed E-state index contributed by atoms with van der Waals surface area (Å²) in [5, 5.41) is 4.03. The second-order valence-corrected chi connectivity index (χ2v) is 4.06. The maximum absolute atomic E-state index is 12.1. The summed E-state index contributed by atoms with van der Waals surface area (Å²) < 4.78 is 3.29. The average molecular weight is 240 g/mol. The van der Waals surface area contributed by atoms with Gasteiger partial charge in [-0.3, -0.25) is 9.78 Å². The Hall–Kier alpha value is -2.43. The summed E-state index contributed by atoms with van der Waals surface area (Å²) in [5.41, 5.74) is 1.77. The molecule has 0 aliphatic rings. The lowest BCUT2D eigenvalue weighted by Gasteiger charge is -2.05. The molecule has 5 heteroatoms. The third-order valence-corrected chi connectivity index (χ3v) is 2.93. The summed E-state index contributed by atoms with van der Waals surface area (Å²) in [7, 11) is 0. The number of fused-ring (bicyclic) bond motifs is 1. The lowest BCUT2D eigenvalue weighted by molar-refractivity contribution is 0.662. The zero-order valence-electron chi connectivity index (χ0n) is 9.73. The molecule has 0 amide bonds. The van der Waals surface area contributed by atoms with E-state index in [1.54, 1.807) is 46.1 Å². The normalized spacial score (nSPS) is 10.9. The zero-order chi connectivity index (χ0) is 12.4.